The molecule has 0 bridgehead atoms. The SMILES string of the molecule is C=C(CN(C)C)Nc1ccc(-n2c(C)cc(-c3nc4ncc(Br)c(N)c4[nH]3)c2CC)c(C)c1. The highest BCUT2D eigenvalue weighted by Crippen LogP contribution is 2.33. The molecule has 0 atom stereocenters. The maximum absolute atomic E-state index is 6.22. The fourth-order valence-electron chi connectivity index (χ4n) is 4.27. The molecular formula is C25H30BrN7. The van der Waals surface area contributed by atoms with Crippen LogP contribution in [0.2, 0.25) is 0 Å². The number of likely N-dealkylation sites (N-methyl/N-ethyl adjacent to an activating group) is 1. The van der Waals surface area contributed by atoms with Gasteiger partial charge < -0.3 is 25.5 Å². The van der Waals surface area contributed by atoms with Gasteiger partial charge in [0.15, 0.2) is 5.65 Å². The van der Waals surface area contributed by atoms with E-state index in [1.165, 1.54) is 11.3 Å². The molecule has 0 saturated carbocycles. The fourth-order valence-corrected chi connectivity index (χ4v) is 4.57. The second-order valence-corrected chi connectivity index (χ2v) is 9.46. The van der Waals surface area contributed by atoms with Gasteiger partial charge in [-0.2, -0.15) is 0 Å². The smallest absolute Gasteiger partial charge is 0.180 e. The molecule has 3 aromatic heterocycles. The number of aromatic nitrogens is 4. The van der Waals surface area contributed by atoms with Gasteiger partial charge in [0.25, 0.3) is 0 Å². The lowest BCUT2D eigenvalue weighted by atomic mass is 10.1. The summed E-state index contributed by atoms with van der Waals surface area (Å²) in [5, 5.41) is 3.41. The third-order valence-electron chi connectivity index (χ3n) is 5.65. The summed E-state index contributed by atoms with van der Waals surface area (Å²) in [6.07, 6.45) is 2.54. The molecular weight excluding hydrogens is 478 g/mol. The molecule has 0 saturated heterocycles. The number of halogens is 1. The Hall–Kier alpha value is -3.10. The van der Waals surface area contributed by atoms with Crippen molar-refractivity contribution >= 4 is 38.5 Å². The van der Waals surface area contributed by atoms with Crippen molar-refractivity contribution in [3.8, 4) is 17.1 Å². The highest BCUT2D eigenvalue weighted by atomic mass is 79.9. The van der Waals surface area contributed by atoms with Crippen LogP contribution in [0.15, 0.2) is 47.2 Å². The Balaban J connectivity index is 1.75. The van der Waals surface area contributed by atoms with Crippen molar-refractivity contribution in [2.75, 3.05) is 31.7 Å². The molecule has 4 rings (SSSR count). The second-order valence-electron chi connectivity index (χ2n) is 8.61. The lowest BCUT2D eigenvalue weighted by Gasteiger charge is -2.18. The number of imidazole rings is 1. The van der Waals surface area contributed by atoms with Gasteiger partial charge in [0.05, 0.1) is 10.2 Å². The molecule has 0 aliphatic heterocycles. The van der Waals surface area contributed by atoms with E-state index in [1.54, 1.807) is 6.20 Å². The molecule has 8 heteroatoms. The van der Waals surface area contributed by atoms with Gasteiger partial charge in [0.1, 0.15) is 11.3 Å². The maximum Gasteiger partial charge on any atom is 0.180 e. The average Bonchev–Trinajstić information content (AvgIpc) is 3.31. The summed E-state index contributed by atoms with van der Waals surface area (Å²) < 4.78 is 3.07. The maximum atomic E-state index is 6.22. The number of nitrogen functional groups attached to an aromatic ring is 1. The van der Waals surface area contributed by atoms with Crippen LogP contribution in [0.1, 0.15) is 23.9 Å². The zero-order valence-electron chi connectivity index (χ0n) is 19.8. The minimum atomic E-state index is 0.614. The Morgan fingerprint density at radius 1 is 1.27 bits per heavy atom. The van der Waals surface area contributed by atoms with E-state index in [0.29, 0.717) is 11.3 Å². The Morgan fingerprint density at radius 2 is 2.03 bits per heavy atom. The molecule has 3 heterocycles. The quantitative estimate of drug-likeness (QED) is 0.310. The largest absolute Gasteiger partial charge is 0.396 e. The molecule has 4 N–H and O–H groups in total. The standard InChI is InChI=1S/C25H30BrN7/c1-7-20-18(24-30-23-22(27)19(26)12-28-25(23)31-24)11-16(4)33(20)21-9-8-17(10-14(21)2)29-15(3)13-32(5)6/h8-12,29H,3,7,13H2,1-2,4-6H3,(H3,27,28,30,31). The van der Waals surface area contributed by atoms with E-state index in [0.717, 1.165) is 57.1 Å². The fraction of sp³-hybridized carbons (Fsp3) is 0.280. The minimum Gasteiger partial charge on any atom is -0.396 e. The molecule has 0 radical (unpaired) electrons. The number of anilines is 2. The Labute approximate surface area is 202 Å². The number of nitrogens with two attached hydrogens (primary N) is 1. The highest BCUT2D eigenvalue weighted by molar-refractivity contribution is 9.10. The molecule has 0 amide bonds. The summed E-state index contributed by atoms with van der Waals surface area (Å²) in [5.74, 6) is 0.775. The molecule has 0 aliphatic carbocycles. The Morgan fingerprint density at radius 3 is 2.70 bits per heavy atom. The van der Waals surface area contributed by atoms with Gasteiger partial charge in [0, 0.05) is 46.8 Å². The van der Waals surface area contributed by atoms with Gasteiger partial charge in [-0.1, -0.05) is 13.5 Å². The summed E-state index contributed by atoms with van der Waals surface area (Å²) in [5.41, 5.74) is 15.9. The highest BCUT2D eigenvalue weighted by Gasteiger charge is 2.19. The number of nitrogens with one attached hydrogen (secondary N) is 2. The third-order valence-corrected chi connectivity index (χ3v) is 6.29. The van der Waals surface area contributed by atoms with E-state index >= 15 is 0 Å². The van der Waals surface area contributed by atoms with Gasteiger partial charge >= 0.3 is 0 Å². The number of nitrogens with zero attached hydrogens (tertiary/aromatic N) is 4. The van der Waals surface area contributed by atoms with Crippen LogP contribution in [0.5, 0.6) is 0 Å². The van der Waals surface area contributed by atoms with Gasteiger partial charge in [0.2, 0.25) is 0 Å². The van der Waals surface area contributed by atoms with Crippen molar-refractivity contribution in [2.45, 2.75) is 27.2 Å². The molecule has 172 valence electrons. The third kappa shape index (κ3) is 4.41. The van der Waals surface area contributed by atoms with E-state index in [9.17, 15) is 0 Å². The Bertz CT molecular complexity index is 1350. The van der Waals surface area contributed by atoms with Gasteiger partial charge in [-0.15, -0.1) is 0 Å². The number of fused-ring (bicyclic) bond motifs is 1. The normalized spacial score (nSPS) is 11.5. The van der Waals surface area contributed by atoms with Crippen LogP contribution in [0.25, 0.3) is 28.2 Å². The monoisotopic (exact) mass is 507 g/mol. The van der Waals surface area contributed by atoms with E-state index in [4.69, 9.17) is 10.7 Å². The predicted molar refractivity (Wildman–Crippen MR) is 141 cm³/mol. The van der Waals surface area contributed by atoms with Crippen molar-refractivity contribution in [1.29, 1.82) is 0 Å². The first-order chi connectivity index (χ1) is 15.7. The van der Waals surface area contributed by atoms with Crippen molar-refractivity contribution in [3.63, 3.8) is 0 Å². The van der Waals surface area contributed by atoms with E-state index in [-0.39, 0.29) is 0 Å². The van der Waals surface area contributed by atoms with E-state index < -0.39 is 0 Å². The van der Waals surface area contributed by atoms with Crippen LogP contribution >= 0.6 is 15.9 Å². The summed E-state index contributed by atoms with van der Waals surface area (Å²) in [6, 6.07) is 8.60. The number of pyridine rings is 1. The minimum absolute atomic E-state index is 0.614. The molecule has 0 spiro atoms. The molecule has 1 aromatic carbocycles. The predicted octanol–water partition coefficient (Wildman–Crippen LogP) is 5.43. The lowest BCUT2D eigenvalue weighted by molar-refractivity contribution is 0.447. The number of H-pyrrole nitrogens is 1. The first kappa shape index (κ1) is 23.1. The van der Waals surface area contributed by atoms with Crippen molar-refractivity contribution in [2.24, 2.45) is 0 Å². The zero-order valence-corrected chi connectivity index (χ0v) is 21.3. The molecule has 0 fully saturated rings. The van der Waals surface area contributed by atoms with Crippen molar-refractivity contribution in [1.82, 2.24) is 24.4 Å². The lowest BCUT2D eigenvalue weighted by Crippen LogP contribution is -2.18. The number of rotatable bonds is 7. The van der Waals surface area contributed by atoms with Gasteiger partial charge in [-0.3, -0.25) is 0 Å². The molecule has 7 nitrogen and oxygen atoms in total. The second kappa shape index (κ2) is 9.03. The molecule has 33 heavy (non-hydrogen) atoms. The summed E-state index contributed by atoms with van der Waals surface area (Å²) >= 11 is 3.44. The number of aromatic amines is 1. The molecule has 0 unspecified atom stereocenters. The number of aryl methyl sites for hydroxylation is 2. The topological polar surface area (TPSA) is 87.8 Å². The zero-order chi connectivity index (χ0) is 23.9. The van der Waals surface area contributed by atoms with Crippen LogP contribution in [-0.2, 0) is 6.42 Å². The van der Waals surface area contributed by atoms with Gasteiger partial charge in [-0.05, 0) is 80.1 Å². The van der Waals surface area contributed by atoms with E-state index in [2.05, 4.69) is 92.3 Å². The summed E-state index contributed by atoms with van der Waals surface area (Å²) in [7, 11) is 4.07. The number of benzene rings is 1. The van der Waals surface area contributed by atoms with Gasteiger partial charge in [-0.25, -0.2) is 9.97 Å². The van der Waals surface area contributed by atoms with Crippen LogP contribution in [-0.4, -0.2) is 45.1 Å². The first-order valence-electron chi connectivity index (χ1n) is 10.9. The van der Waals surface area contributed by atoms with Crippen LogP contribution < -0.4 is 11.1 Å². The number of hydrogen-bond acceptors (Lipinski definition) is 5. The average molecular weight is 508 g/mol. The van der Waals surface area contributed by atoms with Crippen LogP contribution in [0.3, 0.4) is 0 Å². The van der Waals surface area contributed by atoms with Crippen molar-refractivity contribution < 1.29 is 0 Å². The molecule has 4 aromatic rings. The Kier molecular flexibility index (Phi) is 6.32. The first-order valence-corrected chi connectivity index (χ1v) is 11.7. The summed E-state index contributed by atoms with van der Waals surface area (Å²) in [6.45, 7) is 11.3. The van der Waals surface area contributed by atoms with Crippen LogP contribution in [0, 0.1) is 13.8 Å². The van der Waals surface area contributed by atoms with Crippen molar-refractivity contribution in [3.05, 3.63) is 64.2 Å². The van der Waals surface area contributed by atoms with Crippen LogP contribution in [0.4, 0.5) is 11.4 Å². The number of hydrogen-bond donors (Lipinski definition) is 3. The van der Waals surface area contributed by atoms with E-state index in [1.807, 2.05) is 14.1 Å². The summed E-state index contributed by atoms with van der Waals surface area (Å²) in [4.78, 5) is 14.6. The molecule has 0 aliphatic rings.